The molecule has 0 unspecified atom stereocenters. The minimum Gasteiger partial charge on any atom is -0.394 e. The van der Waals surface area contributed by atoms with Crippen molar-refractivity contribution in [2.45, 2.75) is 235 Å². The number of aromatic nitrogens is 9. The Morgan fingerprint density at radius 2 is 0.531 bits per heavy atom. The number of hydrogen-bond donors (Lipinski definition) is 21. The standard InChI is InChI=1S/C71H95N9O33/c81-22-40-48(87)51(90)57(96)69(105-40)111-63-43(25-84)108-66(60(99)54(63)93)102-13-1-10-78-19-37(72-75-78)28-6-9-33-34(16-28)46-31-7-4-29(38-20-79(76-73-38)11-2-14-103-67-61(100)55(94)64(44(26-85)109-67)112-70-58(97)52(91)49(88)41(23-82)106-70)17-35(31)47(33)36-18-30(5-8-32(36)46)39-21-80(77-74-39)12-3-15-104-68-62(101)56(95)65(45(27-86)110-68)113-71-59(98)53(92)50(89)42(24-83)107-71/h4-9,16-21,40-71,81-101H,1-3,10-15,22-27H2/t40-,41-,42-,43-,44-,45-,46?,47?,48+,49+,50+,51+,52+,53+,54-,55-,56-,57-,58-,59-,60-,61-,62-,63-,64-,65-,66-,67-,68-,69+,70+,71+/m1/s1. The summed E-state index contributed by atoms with van der Waals surface area (Å²) < 4.78 is 72.9. The molecule has 0 spiro atoms. The molecule has 21 N–H and O–H groups in total. The first-order valence-electron chi connectivity index (χ1n) is 37.2. The monoisotopic (exact) mass is 1600 g/mol. The largest absolute Gasteiger partial charge is 0.394 e. The lowest BCUT2D eigenvalue weighted by atomic mass is 9.60. The number of hydrogen-bond acceptors (Lipinski definition) is 39. The predicted octanol–water partition coefficient (Wildman–Crippen LogP) is -9.46. The highest BCUT2D eigenvalue weighted by atomic mass is 16.8. The summed E-state index contributed by atoms with van der Waals surface area (Å²) in [5.41, 5.74) is 10.1. The van der Waals surface area contributed by atoms with Crippen molar-refractivity contribution in [2.75, 3.05) is 59.5 Å². The second-order valence-electron chi connectivity index (χ2n) is 29.2. The molecular formula is C71H95N9O33. The molecular weight excluding hydrogens is 1510 g/mol. The molecule has 622 valence electrons. The lowest BCUT2D eigenvalue weighted by molar-refractivity contribution is -0.359. The average Bonchev–Trinajstić information content (AvgIpc) is 0.962. The fourth-order valence-electron chi connectivity index (χ4n) is 15.7. The first-order chi connectivity index (χ1) is 54.4. The van der Waals surface area contributed by atoms with E-state index in [-0.39, 0.29) is 51.3 Å². The van der Waals surface area contributed by atoms with Crippen LogP contribution in [0.1, 0.15) is 64.5 Å². The number of benzene rings is 3. The SMILES string of the molecule is OC[C@H]1O[C@@H](O[C@H]2[C@H](O)[C@@H](O)[C@H](OCCCn3cc(-c4ccc5c(c4)C4c6ccc(-c7cn(CCCO[C@@H]8O[C@H](CO)[C@@H](O[C@@H]9O[C@H](CO)[C@H](O)[C@H](O)[C@H]9O)[C@H](O)[C@H]8O)nn7)cc6C5c5cc(-c6cn(CCCO[C@@H]7O[C@H](CO)[C@@H](O[C@@H]8O[C@H](CO)[C@H](O)[C@H](O)[C@H]8O)[C@H](O)[C@H]7O)nn6)ccc54)nn3)O[C@@H]2CO)[C@H](O)[C@@H](O)[C@H]1O. The molecule has 15 rings (SSSR count). The molecule has 6 fully saturated rings. The zero-order valence-electron chi connectivity index (χ0n) is 60.3. The minimum atomic E-state index is -1.83. The molecule has 3 aliphatic carbocycles. The van der Waals surface area contributed by atoms with Crippen LogP contribution in [0.25, 0.3) is 33.8 Å². The number of ether oxygens (including phenoxy) is 12. The second kappa shape index (κ2) is 35.9. The Labute approximate surface area is 641 Å². The molecule has 113 heavy (non-hydrogen) atoms. The number of nitrogens with zero attached hydrogens (tertiary/aromatic N) is 9. The maximum absolute atomic E-state index is 11.1. The van der Waals surface area contributed by atoms with Gasteiger partial charge in [-0.1, -0.05) is 52.0 Å². The quantitative estimate of drug-likeness (QED) is 0.0186. The Kier molecular flexibility index (Phi) is 26.5. The van der Waals surface area contributed by atoms with Crippen LogP contribution >= 0.6 is 0 Å². The van der Waals surface area contributed by atoms with E-state index in [1.165, 1.54) is 0 Å². The van der Waals surface area contributed by atoms with Gasteiger partial charge in [0.05, 0.1) is 78.1 Å². The third kappa shape index (κ3) is 16.7. The van der Waals surface area contributed by atoms with Crippen molar-refractivity contribution in [3.05, 3.63) is 107 Å². The molecule has 42 nitrogen and oxygen atoms in total. The highest BCUT2D eigenvalue weighted by Crippen LogP contribution is 2.57. The second-order valence-corrected chi connectivity index (χ2v) is 29.2. The van der Waals surface area contributed by atoms with Gasteiger partial charge in [-0.15, -0.1) is 15.3 Å². The Morgan fingerprint density at radius 1 is 0.283 bits per heavy atom. The third-order valence-electron chi connectivity index (χ3n) is 22.0. The average molecular weight is 1600 g/mol. The molecule has 0 amide bonds. The summed E-state index contributed by atoms with van der Waals surface area (Å²) in [6.45, 7) is -3.66. The predicted molar refractivity (Wildman–Crippen MR) is 369 cm³/mol. The molecule has 3 aromatic carbocycles. The molecule has 9 heterocycles. The van der Waals surface area contributed by atoms with Crippen molar-refractivity contribution in [2.24, 2.45) is 0 Å². The van der Waals surface area contributed by atoms with Crippen LogP contribution in [-0.4, -0.2) is 396 Å². The van der Waals surface area contributed by atoms with Gasteiger partial charge >= 0.3 is 0 Å². The minimum absolute atomic E-state index is 0.0211. The lowest BCUT2D eigenvalue weighted by Gasteiger charge is -2.45. The summed E-state index contributed by atoms with van der Waals surface area (Å²) in [4.78, 5) is 0. The summed E-state index contributed by atoms with van der Waals surface area (Å²) in [6, 6.07) is 18.4. The van der Waals surface area contributed by atoms with Crippen molar-refractivity contribution in [3.63, 3.8) is 0 Å². The molecule has 6 aromatic rings. The molecule has 3 aromatic heterocycles. The van der Waals surface area contributed by atoms with Crippen LogP contribution in [0.2, 0.25) is 0 Å². The van der Waals surface area contributed by atoms with E-state index < -0.39 is 224 Å². The van der Waals surface area contributed by atoms with Gasteiger partial charge in [0.25, 0.3) is 0 Å². The Morgan fingerprint density at radius 3 is 0.796 bits per heavy atom. The van der Waals surface area contributed by atoms with Gasteiger partial charge in [-0.2, -0.15) is 0 Å². The first kappa shape index (κ1) is 83.3. The Balaban J connectivity index is 0.636. The van der Waals surface area contributed by atoms with Gasteiger partial charge in [-0.3, -0.25) is 14.0 Å². The van der Waals surface area contributed by atoms with Crippen LogP contribution in [-0.2, 0) is 76.5 Å². The van der Waals surface area contributed by atoms with Crippen molar-refractivity contribution < 1.29 is 164 Å². The number of aryl methyl sites for hydroxylation is 3. The Hall–Kier alpha value is -6.24. The number of rotatable bonds is 30. The molecule has 2 bridgehead atoms. The maximum atomic E-state index is 11.1. The van der Waals surface area contributed by atoms with E-state index in [0.717, 1.165) is 50.1 Å². The van der Waals surface area contributed by atoms with E-state index >= 15 is 0 Å². The van der Waals surface area contributed by atoms with Crippen LogP contribution in [0.5, 0.6) is 0 Å². The van der Waals surface area contributed by atoms with Gasteiger partial charge in [0.15, 0.2) is 37.7 Å². The van der Waals surface area contributed by atoms with Crippen molar-refractivity contribution >= 4 is 0 Å². The fraction of sp³-hybridized carbons (Fsp3) is 0.662. The van der Waals surface area contributed by atoms with Gasteiger partial charge < -0.3 is 164 Å². The molecule has 6 saturated heterocycles. The summed E-state index contributed by atoms with van der Waals surface area (Å²) in [5, 5.41) is 246. The normalized spacial score (nSPS) is 38.3. The summed E-state index contributed by atoms with van der Waals surface area (Å²) >= 11 is 0. The molecule has 0 radical (unpaired) electrons. The van der Waals surface area contributed by atoms with E-state index in [4.69, 9.17) is 56.8 Å². The smallest absolute Gasteiger partial charge is 0.187 e. The third-order valence-corrected chi connectivity index (χ3v) is 22.0. The van der Waals surface area contributed by atoms with Crippen LogP contribution < -0.4 is 0 Å². The van der Waals surface area contributed by atoms with Crippen molar-refractivity contribution in [1.82, 2.24) is 45.0 Å². The van der Waals surface area contributed by atoms with Crippen LogP contribution in [0.15, 0.2) is 73.2 Å². The van der Waals surface area contributed by atoms with Gasteiger partial charge in [0.1, 0.15) is 164 Å². The Bertz CT molecular complexity index is 3930. The summed E-state index contributed by atoms with van der Waals surface area (Å²) in [5.74, 6) is -0.628. The highest BCUT2D eigenvalue weighted by Gasteiger charge is 2.55. The van der Waals surface area contributed by atoms with E-state index in [2.05, 4.69) is 67.3 Å². The van der Waals surface area contributed by atoms with Crippen molar-refractivity contribution in [3.8, 4) is 33.8 Å². The number of aliphatic hydroxyl groups is 21. The molecule has 9 aliphatic rings. The molecule has 6 aliphatic heterocycles. The van der Waals surface area contributed by atoms with Gasteiger partial charge in [0, 0.05) is 48.2 Å². The topological polar surface area (TPSA) is 628 Å². The van der Waals surface area contributed by atoms with E-state index in [1.807, 2.05) is 18.2 Å². The zero-order chi connectivity index (χ0) is 80.0. The highest BCUT2D eigenvalue weighted by molar-refractivity contribution is 5.76. The van der Waals surface area contributed by atoms with E-state index in [0.29, 0.717) is 36.3 Å². The summed E-state index contributed by atoms with van der Waals surface area (Å²) in [6.07, 6.45) is -41.9. The fourth-order valence-corrected chi connectivity index (χ4v) is 15.7. The van der Waals surface area contributed by atoms with Crippen molar-refractivity contribution in [1.29, 1.82) is 0 Å². The van der Waals surface area contributed by atoms with Crippen LogP contribution in [0.4, 0.5) is 0 Å². The van der Waals surface area contributed by atoms with Gasteiger partial charge in [-0.05, 0) is 70.8 Å². The van der Waals surface area contributed by atoms with Gasteiger partial charge in [-0.25, -0.2) is 0 Å². The lowest BCUT2D eigenvalue weighted by Crippen LogP contribution is -2.64. The first-order valence-corrected chi connectivity index (χ1v) is 37.2. The van der Waals surface area contributed by atoms with E-state index in [9.17, 15) is 107 Å². The molecule has 0 saturated carbocycles. The number of aliphatic hydroxyl groups excluding tert-OH is 21. The van der Waals surface area contributed by atoms with Crippen LogP contribution in [0.3, 0.4) is 0 Å². The molecule has 30 atom stereocenters. The van der Waals surface area contributed by atoms with E-state index in [1.54, 1.807) is 32.6 Å². The zero-order valence-corrected chi connectivity index (χ0v) is 60.3. The molecule has 42 heteroatoms. The van der Waals surface area contributed by atoms with Crippen LogP contribution in [0, 0.1) is 0 Å². The maximum Gasteiger partial charge on any atom is 0.187 e. The summed E-state index contributed by atoms with van der Waals surface area (Å²) in [7, 11) is 0. The van der Waals surface area contributed by atoms with Gasteiger partial charge in [0.2, 0.25) is 0 Å².